The minimum Gasteiger partial charge on any atom is -0.504 e. The van der Waals surface area contributed by atoms with Crippen LogP contribution in [0, 0.1) is 11.6 Å². The number of hydrogen-bond acceptors (Lipinski definition) is 4. The minimum absolute atomic E-state index is 0.0555. The van der Waals surface area contributed by atoms with E-state index >= 15 is 0 Å². The van der Waals surface area contributed by atoms with Crippen molar-refractivity contribution in [1.29, 1.82) is 0 Å². The van der Waals surface area contributed by atoms with Gasteiger partial charge in [0.25, 0.3) is 5.91 Å². The van der Waals surface area contributed by atoms with Crippen LogP contribution in [0.1, 0.15) is 23.2 Å². The van der Waals surface area contributed by atoms with Crippen molar-refractivity contribution < 1.29 is 23.5 Å². The Bertz CT molecular complexity index is 753. The standard InChI is InChI=1S/C16H15F2N3O3/c17-10-5-6-11(12(18)9-10)16(24)20-8-2-4-14(23)21-15-13(22)3-1-7-19-15/h1,3,5-7,9,22H,2,4,8H2,(H,20,24)(H,19,21,23). The van der Waals surface area contributed by atoms with E-state index in [2.05, 4.69) is 15.6 Å². The number of nitrogens with zero attached hydrogens (tertiary/aromatic N) is 1. The lowest BCUT2D eigenvalue weighted by atomic mass is 10.2. The van der Waals surface area contributed by atoms with E-state index in [-0.39, 0.29) is 36.0 Å². The Kier molecular flexibility index (Phi) is 5.78. The highest BCUT2D eigenvalue weighted by atomic mass is 19.1. The largest absolute Gasteiger partial charge is 0.504 e. The highest BCUT2D eigenvalue weighted by molar-refractivity contribution is 5.94. The molecule has 24 heavy (non-hydrogen) atoms. The second-order valence-corrected chi connectivity index (χ2v) is 4.90. The average Bonchev–Trinajstić information content (AvgIpc) is 2.53. The summed E-state index contributed by atoms with van der Waals surface area (Å²) in [4.78, 5) is 27.2. The Labute approximate surface area is 136 Å². The molecule has 0 aliphatic heterocycles. The monoisotopic (exact) mass is 335 g/mol. The van der Waals surface area contributed by atoms with Gasteiger partial charge in [-0.1, -0.05) is 0 Å². The molecule has 0 spiro atoms. The normalized spacial score (nSPS) is 10.2. The van der Waals surface area contributed by atoms with Crippen LogP contribution >= 0.6 is 0 Å². The molecule has 0 atom stereocenters. The summed E-state index contributed by atoms with van der Waals surface area (Å²) in [5, 5.41) is 14.4. The van der Waals surface area contributed by atoms with Gasteiger partial charge in [-0.05, 0) is 30.7 Å². The van der Waals surface area contributed by atoms with Crippen molar-refractivity contribution >= 4 is 17.6 Å². The molecule has 0 saturated carbocycles. The maximum Gasteiger partial charge on any atom is 0.254 e. The molecular formula is C16H15F2N3O3. The number of aromatic nitrogens is 1. The molecule has 0 saturated heterocycles. The van der Waals surface area contributed by atoms with E-state index in [1.54, 1.807) is 0 Å². The number of amides is 2. The van der Waals surface area contributed by atoms with Crippen molar-refractivity contribution in [2.24, 2.45) is 0 Å². The predicted octanol–water partition coefficient (Wildman–Crippen LogP) is 2.21. The number of halogens is 2. The van der Waals surface area contributed by atoms with Gasteiger partial charge in [0.15, 0.2) is 11.6 Å². The molecule has 2 amide bonds. The summed E-state index contributed by atoms with van der Waals surface area (Å²) in [6.45, 7) is 0.136. The van der Waals surface area contributed by atoms with Crippen molar-refractivity contribution in [1.82, 2.24) is 10.3 Å². The third-order valence-electron chi connectivity index (χ3n) is 3.09. The molecule has 1 heterocycles. The summed E-state index contributed by atoms with van der Waals surface area (Å²) >= 11 is 0. The minimum atomic E-state index is -0.948. The van der Waals surface area contributed by atoms with Crippen LogP contribution < -0.4 is 10.6 Å². The van der Waals surface area contributed by atoms with Crippen LogP contribution in [-0.4, -0.2) is 28.4 Å². The molecule has 0 aliphatic rings. The second-order valence-electron chi connectivity index (χ2n) is 4.90. The predicted molar refractivity (Wildman–Crippen MR) is 82.5 cm³/mol. The molecule has 6 nitrogen and oxygen atoms in total. The van der Waals surface area contributed by atoms with Crippen LogP contribution in [0.5, 0.6) is 5.75 Å². The van der Waals surface area contributed by atoms with Gasteiger partial charge in [0.2, 0.25) is 5.91 Å². The Balaban J connectivity index is 1.75. The second kappa shape index (κ2) is 8.00. The maximum atomic E-state index is 13.4. The fourth-order valence-corrected chi connectivity index (χ4v) is 1.91. The maximum absolute atomic E-state index is 13.4. The van der Waals surface area contributed by atoms with Crippen LogP contribution in [0.25, 0.3) is 0 Å². The van der Waals surface area contributed by atoms with E-state index in [1.165, 1.54) is 18.3 Å². The fourth-order valence-electron chi connectivity index (χ4n) is 1.91. The molecule has 0 unspecified atom stereocenters. The van der Waals surface area contributed by atoms with E-state index in [9.17, 15) is 23.5 Å². The first-order valence-corrected chi connectivity index (χ1v) is 7.14. The van der Waals surface area contributed by atoms with Crippen LogP contribution in [-0.2, 0) is 4.79 Å². The Morgan fingerprint density at radius 2 is 2.00 bits per heavy atom. The number of rotatable bonds is 6. The Morgan fingerprint density at radius 1 is 1.21 bits per heavy atom. The van der Waals surface area contributed by atoms with Crippen LogP contribution in [0.15, 0.2) is 36.5 Å². The number of pyridine rings is 1. The first-order valence-electron chi connectivity index (χ1n) is 7.14. The molecule has 3 N–H and O–H groups in total. The number of carbonyl (C=O) groups is 2. The molecule has 1 aromatic carbocycles. The summed E-state index contributed by atoms with van der Waals surface area (Å²) in [6, 6.07) is 5.58. The molecule has 8 heteroatoms. The van der Waals surface area contributed by atoms with Gasteiger partial charge >= 0.3 is 0 Å². The van der Waals surface area contributed by atoms with E-state index in [1.807, 2.05) is 0 Å². The molecule has 1 aromatic heterocycles. The molecule has 126 valence electrons. The quantitative estimate of drug-likeness (QED) is 0.706. The van der Waals surface area contributed by atoms with Gasteiger partial charge in [0, 0.05) is 25.2 Å². The van der Waals surface area contributed by atoms with Crippen LogP contribution in [0.2, 0.25) is 0 Å². The number of benzene rings is 1. The van der Waals surface area contributed by atoms with E-state index in [0.29, 0.717) is 12.5 Å². The first-order chi connectivity index (χ1) is 11.5. The van der Waals surface area contributed by atoms with Crippen LogP contribution in [0.4, 0.5) is 14.6 Å². The smallest absolute Gasteiger partial charge is 0.254 e. The van der Waals surface area contributed by atoms with Gasteiger partial charge < -0.3 is 15.7 Å². The number of aromatic hydroxyl groups is 1. The Hall–Kier alpha value is -3.03. The lowest BCUT2D eigenvalue weighted by molar-refractivity contribution is -0.116. The fraction of sp³-hybridized carbons (Fsp3) is 0.188. The first kappa shape index (κ1) is 17.3. The van der Waals surface area contributed by atoms with Crippen molar-refractivity contribution in [2.75, 3.05) is 11.9 Å². The zero-order chi connectivity index (χ0) is 17.5. The molecule has 0 radical (unpaired) electrons. The number of hydrogen-bond donors (Lipinski definition) is 3. The zero-order valence-corrected chi connectivity index (χ0v) is 12.6. The van der Waals surface area contributed by atoms with Gasteiger partial charge in [-0.25, -0.2) is 13.8 Å². The third kappa shape index (κ3) is 4.73. The lowest BCUT2D eigenvalue weighted by Crippen LogP contribution is -2.26. The topological polar surface area (TPSA) is 91.3 Å². The average molecular weight is 335 g/mol. The molecule has 0 bridgehead atoms. The molecule has 0 fully saturated rings. The summed E-state index contributed by atoms with van der Waals surface area (Å²) in [5.74, 6) is -2.87. The van der Waals surface area contributed by atoms with Gasteiger partial charge in [0.1, 0.15) is 11.6 Å². The van der Waals surface area contributed by atoms with Crippen molar-refractivity contribution in [2.45, 2.75) is 12.8 Å². The summed E-state index contributed by atoms with van der Waals surface area (Å²) in [5.41, 5.74) is -0.265. The van der Waals surface area contributed by atoms with E-state index < -0.39 is 17.5 Å². The van der Waals surface area contributed by atoms with Crippen LogP contribution in [0.3, 0.4) is 0 Å². The van der Waals surface area contributed by atoms with Crippen molar-refractivity contribution in [3.05, 3.63) is 53.7 Å². The van der Waals surface area contributed by atoms with E-state index in [0.717, 1.165) is 12.1 Å². The van der Waals surface area contributed by atoms with Gasteiger partial charge in [0.05, 0.1) is 5.56 Å². The molecular weight excluding hydrogens is 320 g/mol. The third-order valence-corrected chi connectivity index (χ3v) is 3.09. The highest BCUT2D eigenvalue weighted by Gasteiger charge is 2.12. The van der Waals surface area contributed by atoms with Crippen molar-refractivity contribution in [3.8, 4) is 5.75 Å². The van der Waals surface area contributed by atoms with Gasteiger partial charge in [-0.2, -0.15) is 0 Å². The molecule has 0 aliphatic carbocycles. The number of anilines is 1. The van der Waals surface area contributed by atoms with Crippen molar-refractivity contribution in [3.63, 3.8) is 0 Å². The Morgan fingerprint density at radius 3 is 2.71 bits per heavy atom. The number of nitrogens with one attached hydrogen (secondary N) is 2. The molecule has 2 aromatic rings. The SMILES string of the molecule is O=C(CCCNC(=O)c1ccc(F)cc1F)Nc1ncccc1O. The summed E-state index contributed by atoms with van der Waals surface area (Å²) in [6.07, 6.45) is 1.79. The summed E-state index contributed by atoms with van der Waals surface area (Å²) in [7, 11) is 0. The van der Waals surface area contributed by atoms with E-state index in [4.69, 9.17) is 0 Å². The molecule has 2 rings (SSSR count). The summed E-state index contributed by atoms with van der Waals surface area (Å²) < 4.78 is 26.2. The number of carbonyl (C=O) groups excluding carboxylic acids is 2. The van der Waals surface area contributed by atoms with Gasteiger partial charge in [-0.3, -0.25) is 9.59 Å². The zero-order valence-electron chi connectivity index (χ0n) is 12.6. The van der Waals surface area contributed by atoms with Gasteiger partial charge in [-0.15, -0.1) is 0 Å². The lowest BCUT2D eigenvalue weighted by Gasteiger charge is -2.07. The highest BCUT2D eigenvalue weighted by Crippen LogP contribution is 2.18.